The standard InChI is InChI=1S/C11H18O/c12-11(9-4-1-5-9)6-2-3-8-7-10(8)11/h8-10,12H,1-7H2. The molecule has 0 aliphatic heterocycles. The molecule has 0 heterocycles. The summed E-state index contributed by atoms with van der Waals surface area (Å²) in [6.45, 7) is 0. The fourth-order valence-electron chi connectivity index (χ4n) is 3.43. The highest BCUT2D eigenvalue weighted by Crippen LogP contribution is 2.60. The maximum absolute atomic E-state index is 10.5. The van der Waals surface area contributed by atoms with E-state index in [0.717, 1.165) is 18.3 Å². The molecular weight excluding hydrogens is 148 g/mol. The van der Waals surface area contributed by atoms with E-state index in [1.165, 1.54) is 38.5 Å². The Morgan fingerprint density at radius 1 is 1.08 bits per heavy atom. The van der Waals surface area contributed by atoms with Gasteiger partial charge in [0.2, 0.25) is 0 Å². The minimum Gasteiger partial charge on any atom is -0.389 e. The molecule has 0 spiro atoms. The maximum atomic E-state index is 10.5. The molecular formula is C11H18O. The molecule has 0 aromatic heterocycles. The van der Waals surface area contributed by atoms with Gasteiger partial charge in [0.1, 0.15) is 0 Å². The summed E-state index contributed by atoms with van der Waals surface area (Å²) in [6, 6.07) is 0. The topological polar surface area (TPSA) is 20.2 Å². The Morgan fingerprint density at radius 3 is 2.58 bits per heavy atom. The normalized spacial score (nSPS) is 52.8. The molecule has 1 heteroatoms. The quantitative estimate of drug-likeness (QED) is 0.634. The molecule has 3 fully saturated rings. The second-order valence-corrected chi connectivity index (χ2v) is 5.11. The molecule has 12 heavy (non-hydrogen) atoms. The molecule has 3 saturated carbocycles. The van der Waals surface area contributed by atoms with Gasteiger partial charge in [-0.2, -0.15) is 0 Å². The Labute approximate surface area is 74.2 Å². The van der Waals surface area contributed by atoms with E-state index in [0.29, 0.717) is 5.92 Å². The molecule has 0 saturated heterocycles. The van der Waals surface area contributed by atoms with E-state index in [9.17, 15) is 5.11 Å². The predicted molar refractivity (Wildman–Crippen MR) is 47.7 cm³/mol. The summed E-state index contributed by atoms with van der Waals surface area (Å²) in [4.78, 5) is 0. The van der Waals surface area contributed by atoms with Gasteiger partial charge in [-0.3, -0.25) is 0 Å². The number of aliphatic hydroxyl groups is 1. The Morgan fingerprint density at radius 2 is 1.92 bits per heavy atom. The van der Waals surface area contributed by atoms with Crippen LogP contribution >= 0.6 is 0 Å². The summed E-state index contributed by atoms with van der Waals surface area (Å²) in [5.74, 6) is 2.33. The van der Waals surface area contributed by atoms with Gasteiger partial charge < -0.3 is 5.11 Å². The first-order valence-corrected chi connectivity index (χ1v) is 5.53. The molecule has 0 radical (unpaired) electrons. The van der Waals surface area contributed by atoms with Crippen molar-refractivity contribution in [2.24, 2.45) is 17.8 Å². The first-order chi connectivity index (χ1) is 5.81. The van der Waals surface area contributed by atoms with Crippen LogP contribution in [0.4, 0.5) is 0 Å². The average Bonchev–Trinajstić information content (AvgIpc) is 2.62. The number of hydrogen-bond acceptors (Lipinski definition) is 1. The van der Waals surface area contributed by atoms with E-state index in [4.69, 9.17) is 0 Å². The lowest BCUT2D eigenvalue weighted by atomic mass is 9.66. The third-order valence-corrected chi connectivity index (χ3v) is 4.53. The summed E-state index contributed by atoms with van der Waals surface area (Å²) >= 11 is 0. The van der Waals surface area contributed by atoms with Crippen molar-refractivity contribution in [3.8, 4) is 0 Å². The second kappa shape index (κ2) is 2.25. The lowest BCUT2D eigenvalue weighted by Crippen LogP contribution is -2.45. The number of fused-ring (bicyclic) bond motifs is 1. The van der Waals surface area contributed by atoms with Crippen LogP contribution < -0.4 is 0 Å². The Hall–Kier alpha value is -0.0400. The Bertz CT molecular complexity index is 193. The molecule has 0 aromatic carbocycles. The van der Waals surface area contributed by atoms with Crippen LogP contribution in [0.1, 0.15) is 44.9 Å². The van der Waals surface area contributed by atoms with E-state index in [2.05, 4.69) is 0 Å². The molecule has 3 aliphatic rings. The van der Waals surface area contributed by atoms with Crippen molar-refractivity contribution < 1.29 is 5.11 Å². The molecule has 3 rings (SSSR count). The van der Waals surface area contributed by atoms with Crippen molar-refractivity contribution in [3.05, 3.63) is 0 Å². The highest BCUT2D eigenvalue weighted by atomic mass is 16.3. The predicted octanol–water partition coefficient (Wildman–Crippen LogP) is 2.34. The van der Waals surface area contributed by atoms with Gasteiger partial charge in [0, 0.05) is 0 Å². The van der Waals surface area contributed by atoms with Crippen molar-refractivity contribution in [2.75, 3.05) is 0 Å². The van der Waals surface area contributed by atoms with Crippen LogP contribution in [0, 0.1) is 17.8 Å². The summed E-state index contributed by atoms with van der Waals surface area (Å²) in [5.41, 5.74) is -0.193. The zero-order valence-electron chi connectivity index (χ0n) is 7.63. The van der Waals surface area contributed by atoms with Crippen molar-refractivity contribution in [1.29, 1.82) is 0 Å². The summed E-state index contributed by atoms with van der Waals surface area (Å²) in [7, 11) is 0. The number of hydrogen-bond donors (Lipinski definition) is 1. The SMILES string of the molecule is OC1(C2CCC2)CCCC2CC21. The van der Waals surface area contributed by atoms with Crippen LogP contribution in [-0.4, -0.2) is 10.7 Å². The van der Waals surface area contributed by atoms with Crippen LogP contribution in [0.5, 0.6) is 0 Å². The highest BCUT2D eigenvalue weighted by molar-refractivity contribution is 5.08. The van der Waals surface area contributed by atoms with E-state index in [1.54, 1.807) is 0 Å². The maximum Gasteiger partial charge on any atom is 0.0706 e. The Balaban J connectivity index is 1.78. The van der Waals surface area contributed by atoms with Crippen LogP contribution in [0.25, 0.3) is 0 Å². The molecule has 3 unspecified atom stereocenters. The Kier molecular flexibility index (Phi) is 1.39. The molecule has 1 N–H and O–H groups in total. The van der Waals surface area contributed by atoms with Crippen LogP contribution in [0.3, 0.4) is 0 Å². The van der Waals surface area contributed by atoms with Gasteiger partial charge in [-0.25, -0.2) is 0 Å². The first kappa shape index (κ1) is 7.37. The minimum atomic E-state index is -0.193. The third-order valence-electron chi connectivity index (χ3n) is 4.53. The van der Waals surface area contributed by atoms with Gasteiger partial charge in [0.25, 0.3) is 0 Å². The fraction of sp³-hybridized carbons (Fsp3) is 1.00. The molecule has 0 amide bonds. The summed E-state index contributed by atoms with van der Waals surface area (Å²) < 4.78 is 0. The minimum absolute atomic E-state index is 0.193. The van der Waals surface area contributed by atoms with Crippen LogP contribution in [0.2, 0.25) is 0 Å². The van der Waals surface area contributed by atoms with Gasteiger partial charge >= 0.3 is 0 Å². The third kappa shape index (κ3) is 0.834. The summed E-state index contributed by atoms with van der Waals surface area (Å²) in [5, 5.41) is 10.5. The zero-order chi connectivity index (χ0) is 8.18. The van der Waals surface area contributed by atoms with E-state index >= 15 is 0 Å². The largest absolute Gasteiger partial charge is 0.389 e. The highest BCUT2D eigenvalue weighted by Gasteiger charge is 2.57. The van der Waals surface area contributed by atoms with Crippen molar-refractivity contribution in [3.63, 3.8) is 0 Å². The number of rotatable bonds is 1. The monoisotopic (exact) mass is 166 g/mol. The van der Waals surface area contributed by atoms with Gasteiger partial charge in [0.05, 0.1) is 5.60 Å². The molecule has 0 bridgehead atoms. The van der Waals surface area contributed by atoms with E-state index in [1.807, 2.05) is 0 Å². The lowest BCUT2D eigenvalue weighted by molar-refractivity contribution is -0.0890. The van der Waals surface area contributed by atoms with Gasteiger partial charge in [-0.05, 0) is 49.9 Å². The van der Waals surface area contributed by atoms with Gasteiger partial charge in [-0.15, -0.1) is 0 Å². The van der Waals surface area contributed by atoms with Crippen molar-refractivity contribution in [2.45, 2.75) is 50.5 Å². The second-order valence-electron chi connectivity index (χ2n) is 5.11. The van der Waals surface area contributed by atoms with Crippen LogP contribution in [-0.2, 0) is 0 Å². The zero-order valence-corrected chi connectivity index (χ0v) is 7.63. The molecule has 68 valence electrons. The molecule has 1 nitrogen and oxygen atoms in total. The van der Waals surface area contributed by atoms with Crippen LogP contribution in [0.15, 0.2) is 0 Å². The van der Waals surface area contributed by atoms with E-state index in [-0.39, 0.29) is 5.60 Å². The average molecular weight is 166 g/mol. The fourth-order valence-corrected chi connectivity index (χ4v) is 3.43. The van der Waals surface area contributed by atoms with Crippen molar-refractivity contribution in [1.82, 2.24) is 0 Å². The van der Waals surface area contributed by atoms with Gasteiger partial charge in [0.15, 0.2) is 0 Å². The van der Waals surface area contributed by atoms with E-state index < -0.39 is 0 Å². The smallest absolute Gasteiger partial charge is 0.0706 e. The molecule has 0 aromatic rings. The van der Waals surface area contributed by atoms with Crippen molar-refractivity contribution >= 4 is 0 Å². The summed E-state index contributed by atoms with van der Waals surface area (Å²) in [6.07, 6.45) is 9.11. The van der Waals surface area contributed by atoms with Gasteiger partial charge in [-0.1, -0.05) is 12.8 Å². The molecule has 3 atom stereocenters. The first-order valence-electron chi connectivity index (χ1n) is 5.53. The lowest BCUT2D eigenvalue weighted by Gasteiger charge is -2.44. The molecule has 3 aliphatic carbocycles.